The van der Waals surface area contributed by atoms with Crippen LogP contribution in [-0.2, 0) is 0 Å². The van der Waals surface area contributed by atoms with Crippen molar-refractivity contribution >= 4 is 55.5 Å². The summed E-state index contributed by atoms with van der Waals surface area (Å²) in [6, 6.07) is 0. The normalized spacial score (nSPS) is 11.0. The fourth-order valence-electron chi connectivity index (χ4n) is 0.593. The number of hydrogen-bond acceptors (Lipinski definition) is 4. The van der Waals surface area contributed by atoms with Crippen molar-refractivity contribution in [1.29, 1.82) is 0 Å². The Labute approximate surface area is 74.4 Å². The third-order valence-electron chi connectivity index (χ3n) is 0.924. The summed E-state index contributed by atoms with van der Waals surface area (Å²) in [4.78, 5) is 9.62. The van der Waals surface area contributed by atoms with Gasteiger partial charge in [-0.05, 0) is 0 Å². The first-order valence-corrected chi connectivity index (χ1v) is 4.73. The molecule has 0 aromatic carbocycles. The molecule has 0 saturated heterocycles. The van der Waals surface area contributed by atoms with Crippen molar-refractivity contribution in [3.05, 3.63) is 8.93 Å². The van der Waals surface area contributed by atoms with Crippen molar-refractivity contribution in [2.75, 3.05) is 0 Å². The fourth-order valence-corrected chi connectivity index (χ4v) is 2.80. The largest absolute Gasteiger partial charge is 0.212 e. The predicted molar refractivity (Wildman–Crippen MR) is 45.3 cm³/mol. The summed E-state index contributed by atoms with van der Waals surface area (Å²) in [7, 11) is 0. The molecule has 2 rings (SSSR count). The first-order valence-electron chi connectivity index (χ1n) is 2.34. The van der Waals surface area contributed by atoms with E-state index in [9.17, 15) is 0 Å². The van der Waals surface area contributed by atoms with Crippen LogP contribution in [-0.4, -0.2) is 9.97 Å². The van der Waals surface area contributed by atoms with Gasteiger partial charge in [0.2, 0.25) is 0 Å². The van der Waals surface area contributed by atoms with E-state index in [2.05, 4.69) is 9.97 Å². The maximum absolute atomic E-state index is 5.61. The molecule has 0 saturated carbocycles. The Bertz CT molecular complexity index is 303. The second-order valence-corrected chi connectivity index (χ2v) is 4.66. The van der Waals surface area contributed by atoms with E-state index in [-0.39, 0.29) is 0 Å². The monoisotopic (exact) mass is 210 g/mol. The molecule has 10 heavy (non-hydrogen) atoms. The van der Waals surface area contributed by atoms with Gasteiger partial charge in [0.05, 0.1) is 0 Å². The highest BCUT2D eigenvalue weighted by molar-refractivity contribution is 7.29. The van der Waals surface area contributed by atoms with E-state index < -0.39 is 0 Å². The van der Waals surface area contributed by atoms with Crippen LogP contribution in [0.3, 0.4) is 0 Å². The third-order valence-corrected chi connectivity index (χ3v) is 3.16. The number of rotatable bonds is 0. The number of nitrogens with zero attached hydrogens (tertiary/aromatic N) is 2. The number of halogens is 2. The van der Waals surface area contributed by atoms with Crippen LogP contribution in [0.15, 0.2) is 0 Å². The van der Waals surface area contributed by atoms with Crippen LogP contribution in [0, 0.1) is 0 Å². The highest BCUT2D eigenvalue weighted by Crippen LogP contribution is 2.31. The van der Waals surface area contributed by atoms with Crippen LogP contribution >= 0.6 is 45.9 Å². The maximum atomic E-state index is 5.61. The van der Waals surface area contributed by atoms with Gasteiger partial charge in [0.15, 0.2) is 18.6 Å². The molecular weight excluding hydrogens is 211 g/mol. The van der Waals surface area contributed by atoms with Gasteiger partial charge >= 0.3 is 0 Å². The quantitative estimate of drug-likeness (QED) is 0.669. The highest BCUT2D eigenvalue weighted by atomic mass is 35.5. The summed E-state index contributed by atoms with van der Waals surface area (Å²) < 4.78 is 1.04. The minimum absolute atomic E-state index is 0.519. The van der Waals surface area contributed by atoms with Crippen LogP contribution < -0.4 is 0 Å². The summed E-state index contributed by atoms with van der Waals surface area (Å²) in [5.74, 6) is 0. The Balaban J connectivity index is 2.83. The van der Waals surface area contributed by atoms with E-state index in [0.717, 1.165) is 9.66 Å². The summed E-state index contributed by atoms with van der Waals surface area (Å²) in [5.41, 5.74) is 0. The van der Waals surface area contributed by atoms with Crippen LogP contribution in [0.2, 0.25) is 8.93 Å². The van der Waals surface area contributed by atoms with Crippen molar-refractivity contribution in [1.82, 2.24) is 9.97 Å². The minimum Gasteiger partial charge on any atom is -0.212 e. The molecular formula is C4Cl2N2S2. The van der Waals surface area contributed by atoms with Gasteiger partial charge in [0.1, 0.15) is 0 Å². The Morgan fingerprint density at radius 2 is 1.30 bits per heavy atom. The maximum Gasteiger partial charge on any atom is 0.187 e. The molecule has 0 radical (unpaired) electrons. The number of thiazole rings is 2. The summed E-state index contributed by atoms with van der Waals surface area (Å²) >= 11 is 13.9. The van der Waals surface area contributed by atoms with Crippen LogP contribution in [0.5, 0.6) is 0 Å². The first-order chi connectivity index (χ1) is 4.75. The second-order valence-electron chi connectivity index (χ2n) is 1.54. The minimum atomic E-state index is 0.519. The van der Waals surface area contributed by atoms with Crippen molar-refractivity contribution in [3.8, 4) is 0 Å². The average molecular weight is 211 g/mol. The van der Waals surface area contributed by atoms with Crippen molar-refractivity contribution in [3.63, 3.8) is 0 Å². The summed E-state index contributed by atoms with van der Waals surface area (Å²) in [6.07, 6.45) is 0. The standard InChI is InChI=1S/C4Cl2N2S2/c5-3-7-1-2(10-3)8-4(6)9-1. The van der Waals surface area contributed by atoms with Crippen LogP contribution in [0.25, 0.3) is 9.66 Å². The smallest absolute Gasteiger partial charge is 0.187 e. The Morgan fingerprint density at radius 1 is 0.900 bits per heavy atom. The number of aromatic nitrogens is 2. The molecule has 2 aromatic rings. The SMILES string of the molecule is Clc1nc2sc(Cl)nc2s1. The lowest BCUT2D eigenvalue weighted by atomic mass is 10.9. The molecule has 0 spiro atoms. The highest BCUT2D eigenvalue weighted by Gasteiger charge is 2.06. The number of fused-ring (bicyclic) bond motifs is 1. The van der Waals surface area contributed by atoms with E-state index >= 15 is 0 Å². The molecule has 0 amide bonds. The Hall–Kier alpha value is 0.1000. The molecule has 0 unspecified atom stereocenters. The van der Waals surface area contributed by atoms with Gasteiger partial charge in [0.25, 0.3) is 0 Å². The second kappa shape index (κ2) is 2.30. The van der Waals surface area contributed by atoms with E-state index in [1.807, 2.05) is 0 Å². The molecule has 0 N–H and O–H groups in total. The molecule has 0 aliphatic carbocycles. The van der Waals surface area contributed by atoms with Crippen LogP contribution in [0.1, 0.15) is 0 Å². The summed E-state index contributed by atoms with van der Waals surface area (Å²) in [6.45, 7) is 0. The molecule has 0 bridgehead atoms. The van der Waals surface area contributed by atoms with E-state index in [0.29, 0.717) is 8.93 Å². The zero-order valence-electron chi connectivity index (χ0n) is 4.47. The average Bonchev–Trinajstić information content (AvgIpc) is 2.21. The van der Waals surface area contributed by atoms with Gasteiger partial charge in [-0.15, -0.1) is 0 Å². The van der Waals surface area contributed by atoms with Crippen molar-refractivity contribution < 1.29 is 0 Å². The zero-order chi connectivity index (χ0) is 7.14. The van der Waals surface area contributed by atoms with Crippen LogP contribution in [0.4, 0.5) is 0 Å². The van der Waals surface area contributed by atoms with Gasteiger partial charge < -0.3 is 0 Å². The van der Waals surface area contributed by atoms with Gasteiger partial charge in [-0.3, -0.25) is 0 Å². The molecule has 0 atom stereocenters. The lowest BCUT2D eigenvalue weighted by molar-refractivity contribution is 1.51. The predicted octanol–water partition coefficient (Wildman–Crippen LogP) is 3.06. The molecule has 2 aromatic heterocycles. The lowest BCUT2D eigenvalue weighted by Crippen LogP contribution is -1.52. The molecule has 0 aliphatic rings. The molecule has 0 aliphatic heterocycles. The molecule has 6 heteroatoms. The van der Waals surface area contributed by atoms with E-state index in [1.54, 1.807) is 0 Å². The summed E-state index contributed by atoms with van der Waals surface area (Å²) in [5, 5.41) is 0. The first kappa shape index (κ1) is 6.79. The van der Waals surface area contributed by atoms with Gasteiger partial charge in [-0.1, -0.05) is 45.9 Å². The molecule has 2 heterocycles. The third kappa shape index (κ3) is 1.01. The molecule has 0 fully saturated rings. The Morgan fingerprint density at radius 3 is 1.70 bits per heavy atom. The number of hydrogen-bond donors (Lipinski definition) is 0. The zero-order valence-corrected chi connectivity index (χ0v) is 7.61. The van der Waals surface area contributed by atoms with Gasteiger partial charge in [-0.25, -0.2) is 9.97 Å². The van der Waals surface area contributed by atoms with Gasteiger partial charge in [-0.2, -0.15) is 0 Å². The van der Waals surface area contributed by atoms with E-state index in [1.165, 1.54) is 22.7 Å². The van der Waals surface area contributed by atoms with Gasteiger partial charge in [0, 0.05) is 0 Å². The van der Waals surface area contributed by atoms with Crippen molar-refractivity contribution in [2.24, 2.45) is 0 Å². The Kier molecular flexibility index (Phi) is 1.56. The van der Waals surface area contributed by atoms with E-state index in [4.69, 9.17) is 23.2 Å². The lowest BCUT2D eigenvalue weighted by Gasteiger charge is -1.69. The fraction of sp³-hybridized carbons (Fsp3) is 0. The molecule has 2 nitrogen and oxygen atoms in total. The topological polar surface area (TPSA) is 25.8 Å². The molecule has 52 valence electrons. The van der Waals surface area contributed by atoms with Crippen molar-refractivity contribution in [2.45, 2.75) is 0 Å².